The van der Waals surface area contributed by atoms with Crippen molar-refractivity contribution in [1.29, 1.82) is 0 Å². The molecule has 0 amide bonds. The van der Waals surface area contributed by atoms with Crippen molar-refractivity contribution in [3.63, 3.8) is 0 Å². The second-order valence-electron chi connectivity index (χ2n) is 2.31. The highest BCUT2D eigenvalue weighted by Crippen LogP contribution is 2.27. The Kier molecular flexibility index (Phi) is 1.29. The van der Waals surface area contributed by atoms with E-state index < -0.39 is 0 Å². The fraction of sp³-hybridized carbons (Fsp3) is 0. The first-order valence-electron chi connectivity index (χ1n) is 3.21. The number of para-hydroxylation sites is 1. The standard InChI is InChI=1S/C8H6ClNO/c9-6-3-1-2-5-4-7(10)11-8(5)6/h1-4H,10H2. The molecule has 0 aliphatic rings. The first kappa shape index (κ1) is 6.55. The summed E-state index contributed by atoms with van der Waals surface area (Å²) in [4.78, 5) is 0. The van der Waals surface area contributed by atoms with Crippen LogP contribution in [0.2, 0.25) is 5.02 Å². The van der Waals surface area contributed by atoms with Gasteiger partial charge in [-0.3, -0.25) is 0 Å². The zero-order valence-corrected chi connectivity index (χ0v) is 6.43. The van der Waals surface area contributed by atoms with E-state index >= 15 is 0 Å². The van der Waals surface area contributed by atoms with Crippen molar-refractivity contribution in [3.8, 4) is 0 Å². The van der Waals surface area contributed by atoms with E-state index in [1.54, 1.807) is 12.1 Å². The summed E-state index contributed by atoms with van der Waals surface area (Å²) in [5, 5.41) is 1.54. The molecular formula is C8H6ClNO. The van der Waals surface area contributed by atoms with Crippen LogP contribution in [0, 0.1) is 0 Å². The van der Waals surface area contributed by atoms with E-state index in [1.807, 2.05) is 12.1 Å². The molecule has 3 heteroatoms. The van der Waals surface area contributed by atoms with Gasteiger partial charge in [0.2, 0.25) is 0 Å². The molecule has 2 N–H and O–H groups in total. The lowest BCUT2D eigenvalue weighted by Crippen LogP contribution is -1.75. The van der Waals surface area contributed by atoms with Gasteiger partial charge in [0.15, 0.2) is 11.5 Å². The van der Waals surface area contributed by atoms with Crippen molar-refractivity contribution < 1.29 is 4.42 Å². The van der Waals surface area contributed by atoms with Crippen LogP contribution in [-0.4, -0.2) is 0 Å². The van der Waals surface area contributed by atoms with Crippen molar-refractivity contribution in [2.75, 3.05) is 5.73 Å². The number of anilines is 1. The van der Waals surface area contributed by atoms with Gasteiger partial charge in [-0.1, -0.05) is 23.7 Å². The van der Waals surface area contributed by atoms with Crippen molar-refractivity contribution in [1.82, 2.24) is 0 Å². The number of fused-ring (bicyclic) bond motifs is 1. The Labute approximate surface area is 68.6 Å². The lowest BCUT2D eigenvalue weighted by atomic mass is 10.3. The smallest absolute Gasteiger partial charge is 0.191 e. The van der Waals surface area contributed by atoms with Gasteiger partial charge in [-0.25, -0.2) is 0 Å². The van der Waals surface area contributed by atoms with Crippen LogP contribution in [0.4, 0.5) is 5.88 Å². The van der Waals surface area contributed by atoms with Crippen molar-refractivity contribution in [2.24, 2.45) is 0 Å². The molecule has 11 heavy (non-hydrogen) atoms. The van der Waals surface area contributed by atoms with Gasteiger partial charge in [-0.2, -0.15) is 0 Å². The molecule has 1 aromatic heterocycles. The molecule has 0 radical (unpaired) electrons. The second kappa shape index (κ2) is 2.17. The van der Waals surface area contributed by atoms with Crippen LogP contribution in [0.3, 0.4) is 0 Å². The Morgan fingerprint density at radius 3 is 2.91 bits per heavy atom. The molecule has 0 fully saturated rings. The largest absolute Gasteiger partial charge is 0.439 e. The van der Waals surface area contributed by atoms with E-state index in [0.717, 1.165) is 5.39 Å². The van der Waals surface area contributed by atoms with Crippen molar-refractivity contribution in [2.45, 2.75) is 0 Å². The number of furan rings is 1. The summed E-state index contributed by atoms with van der Waals surface area (Å²) in [7, 11) is 0. The Morgan fingerprint density at radius 2 is 2.18 bits per heavy atom. The van der Waals surface area contributed by atoms with Gasteiger partial charge in [0.1, 0.15) is 0 Å². The first-order valence-corrected chi connectivity index (χ1v) is 3.59. The highest BCUT2D eigenvalue weighted by atomic mass is 35.5. The fourth-order valence-corrected chi connectivity index (χ4v) is 1.27. The Bertz CT molecular complexity index is 394. The zero-order chi connectivity index (χ0) is 7.84. The Morgan fingerprint density at radius 1 is 1.36 bits per heavy atom. The van der Waals surface area contributed by atoms with E-state index in [0.29, 0.717) is 16.5 Å². The summed E-state index contributed by atoms with van der Waals surface area (Å²) in [5.74, 6) is 0.396. The molecule has 1 aromatic carbocycles. The molecule has 0 bridgehead atoms. The number of nitrogens with two attached hydrogens (primary N) is 1. The second-order valence-corrected chi connectivity index (χ2v) is 2.71. The molecule has 0 aliphatic carbocycles. The number of halogens is 1. The predicted molar refractivity (Wildman–Crippen MR) is 45.6 cm³/mol. The number of nitrogen functional groups attached to an aromatic ring is 1. The number of hydrogen-bond donors (Lipinski definition) is 1. The monoisotopic (exact) mass is 167 g/mol. The highest BCUT2D eigenvalue weighted by Gasteiger charge is 2.02. The molecule has 2 nitrogen and oxygen atoms in total. The average Bonchev–Trinajstić information content (AvgIpc) is 2.31. The molecule has 0 spiro atoms. The minimum atomic E-state index is 0.396. The van der Waals surface area contributed by atoms with Crippen LogP contribution in [0.25, 0.3) is 11.0 Å². The van der Waals surface area contributed by atoms with Gasteiger partial charge in [0.25, 0.3) is 0 Å². The van der Waals surface area contributed by atoms with Crippen LogP contribution in [-0.2, 0) is 0 Å². The van der Waals surface area contributed by atoms with Crippen molar-refractivity contribution >= 4 is 28.5 Å². The van der Waals surface area contributed by atoms with E-state index in [4.69, 9.17) is 21.8 Å². The summed E-state index contributed by atoms with van der Waals surface area (Å²) in [6.07, 6.45) is 0. The zero-order valence-electron chi connectivity index (χ0n) is 5.67. The SMILES string of the molecule is Nc1cc2cccc(Cl)c2o1. The van der Waals surface area contributed by atoms with Crippen LogP contribution >= 0.6 is 11.6 Å². The van der Waals surface area contributed by atoms with Crippen LogP contribution < -0.4 is 5.73 Å². The van der Waals surface area contributed by atoms with E-state index in [1.165, 1.54) is 0 Å². The van der Waals surface area contributed by atoms with Crippen molar-refractivity contribution in [3.05, 3.63) is 29.3 Å². The number of benzene rings is 1. The molecule has 2 rings (SSSR count). The van der Waals surface area contributed by atoms with E-state index in [9.17, 15) is 0 Å². The van der Waals surface area contributed by atoms with E-state index in [2.05, 4.69) is 0 Å². The third-order valence-corrected chi connectivity index (χ3v) is 1.81. The first-order chi connectivity index (χ1) is 5.27. The lowest BCUT2D eigenvalue weighted by molar-refractivity contribution is 0.637. The maximum Gasteiger partial charge on any atom is 0.191 e. The van der Waals surface area contributed by atoms with Gasteiger partial charge in [-0.15, -0.1) is 0 Å². The molecule has 0 aliphatic heterocycles. The summed E-state index contributed by atoms with van der Waals surface area (Å²) in [6.45, 7) is 0. The Hall–Kier alpha value is -1.15. The quantitative estimate of drug-likeness (QED) is 0.655. The molecule has 0 saturated carbocycles. The molecular weight excluding hydrogens is 162 g/mol. The molecule has 0 atom stereocenters. The maximum absolute atomic E-state index is 5.82. The van der Waals surface area contributed by atoms with Crippen LogP contribution in [0.1, 0.15) is 0 Å². The number of rotatable bonds is 0. The van der Waals surface area contributed by atoms with Gasteiger partial charge in [0.05, 0.1) is 5.02 Å². The number of hydrogen-bond acceptors (Lipinski definition) is 2. The summed E-state index contributed by atoms with van der Waals surface area (Å²) in [5.41, 5.74) is 6.09. The predicted octanol–water partition coefficient (Wildman–Crippen LogP) is 2.67. The van der Waals surface area contributed by atoms with Gasteiger partial charge in [0, 0.05) is 11.5 Å². The van der Waals surface area contributed by atoms with Gasteiger partial charge >= 0.3 is 0 Å². The lowest BCUT2D eigenvalue weighted by Gasteiger charge is -1.88. The van der Waals surface area contributed by atoms with Gasteiger partial charge in [-0.05, 0) is 6.07 Å². The molecule has 1 heterocycles. The molecule has 0 saturated heterocycles. The van der Waals surface area contributed by atoms with Crippen LogP contribution in [0.15, 0.2) is 28.7 Å². The van der Waals surface area contributed by atoms with Gasteiger partial charge < -0.3 is 10.2 Å². The summed E-state index contributed by atoms with van der Waals surface area (Å²) < 4.78 is 5.14. The minimum absolute atomic E-state index is 0.396. The van der Waals surface area contributed by atoms with Crippen LogP contribution in [0.5, 0.6) is 0 Å². The average molecular weight is 168 g/mol. The highest BCUT2D eigenvalue weighted by molar-refractivity contribution is 6.34. The topological polar surface area (TPSA) is 39.2 Å². The molecule has 0 unspecified atom stereocenters. The summed E-state index contributed by atoms with van der Waals surface area (Å²) >= 11 is 5.82. The molecule has 2 aromatic rings. The maximum atomic E-state index is 5.82. The summed E-state index contributed by atoms with van der Waals surface area (Å²) in [6, 6.07) is 7.29. The Balaban J connectivity index is 2.90. The minimum Gasteiger partial charge on any atom is -0.439 e. The van der Waals surface area contributed by atoms with E-state index in [-0.39, 0.29) is 0 Å². The third kappa shape index (κ3) is 0.955. The molecule has 56 valence electrons. The fourth-order valence-electron chi connectivity index (χ4n) is 1.05. The third-order valence-electron chi connectivity index (χ3n) is 1.52. The normalized spacial score (nSPS) is 10.6.